The van der Waals surface area contributed by atoms with E-state index >= 15 is 0 Å². The van der Waals surface area contributed by atoms with Gasteiger partial charge in [0.25, 0.3) is 0 Å². The van der Waals surface area contributed by atoms with Crippen molar-refractivity contribution >= 4 is 32.5 Å². The van der Waals surface area contributed by atoms with Crippen LogP contribution in [0.15, 0.2) is 35.3 Å². The van der Waals surface area contributed by atoms with Gasteiger partial charge in [-0.1, -0.05) is 41.9 Å². The number of aromatic nitrogens is 1. The monoisotopic (exact) mass is 256 g/mol. The quantitative estimate of drug-likeness (QED) is 0.755. The van der Waals surface area contributed by atoms with Crippen molar-refractivity contribution in [2.45, 2.75) is 13.0 Å². The Morgan fingerprint density at radius 3 is 2.67 bits per heavy atom. The van der Waals surface area contributed by atoms with Crippen LogP contribution >= 0.6 is 32.5 Å². The topological polar surface area (TPSA) is 25.2 Å². The van der Waals surface area contributed by atoms with Crippen molar-refractivity contribution in [1.82, 2.24) is 4.37 Å². The second kappa shape index (κ2) is 4.88. The van der Waals surface area contributed by atoms with Crippen LogP contribution in [0.2, 0.25) is 5.15 Å². The highest BCUT2D eigenvalue weighted by Gasteiger charge is 2.03. The average molecular weight is 257 g/mol. The molecule has 0 saturated carbocycles. The predicted octanol–water partition coefficient (Wildman–Crippen LogP) is 3.52. The molecule has 1 aromatic carbocycles. The molecule has 0 bridgehead atoms. The lowest BCUT2D eigenvalue weighted by molar-refractivity contribution is 0.796. The van der Waals surface area contributed by atoms with Crippen LogP contribution in [0.25, 0.3) is 0 Å². The molecule has 15 heavy (non-hydrogen) atoms. The molecule has 0 amide bonds. The normalized spacial score (nSPS) is 14.1. The van der Waals surface area contributed by atoms with E-state index in [1.807, 2.05) is 18.2 Å². The molecule has 1 unspecified atom stereocenters. The summed E-state index contributed by atoms with van der Waals surface area (Å²) < 4.78 is 4.81. The van der Waals surface area contributed by atoms with Crippen LogP contribution < -0.4 is 4.67 Å². The van der Waals surface area contributed by atoms with E-state index < -0.39 is 0 Å². The summed E-state index contributed by atoms with van der Waals surface area (Å²) in [6.07, 6.45) is 0. The smallest absolute Gasteiger partial charge is 0.179 e. The highest BCUT2D eigenvalue weighted by Crippen LogP contribution is 2.16. The summed E-state index contributed by atoms with van der Waals surface area (Å²) in [7, 11) is 2.87. The fourth-order valence-electron chi connectivity index (χ4n) is 1.22. The summed E-state index contributed by atoms with van der Waals surface area (Å²) in [5, 5.41) is 0.507. The maximum absolute atomic E-state index is 5.89. The summed E-state index contributed by atoms with van der Waals surface area (Å²) >= 11 is 5.89. The van der Waals surface area contributed by atoms with Gasteiger partial charge in [0.05, 0.1) is 6.04 Å². The van der Waals surface area contributed by atoms with E-state index in [4.69, 9.17) is 11.6 Å². The van der Waals surface area contributed by atoms with Gasteiger partial charge < -0.3 is 0 Å². The van der Waals surface area contributed by atoms with E-state index in [-0.39, 0.29) is 6.04 Å². The molecule has 0 aliphatic carbocycles. The zero-order valence-corrected chi connectivity index (χ0v) is 10.4. The zero-order valence-electron chi connectivity index (χ0n) is 8.05. The second-order valence-corrected chi connectivity index (χ2v) is 5.25. The average Bonchev–Trinajstić information content (AvgIpc) is 2.66. The van der Waals surface area contributed by atoms with Crippen molar-refractivity contribution in [2.24, 2.45) is 4.99 Å². The lowest BCUT2D eigenvalue weighted by atomic mass is 10.1. The van der Waals surface area contributed by atoms with Gasteiger partial charge in [0.15, 0.2) is 9.82 Å². The maximum Gasteiger partial charge on any atom is 0.179 e. The molecule has 78 valence electrons. The van der Waals surface area contributed by atoms with E-state index in [2.05, 4.69) is 28.4 Å². The molecule has 2 nitrogen and oxygen atoms in total. The number of halogens is 1. The third-order valence-corrected chi connectivity index (χ3v) is 4.19. The summed E-state index contributed by atoms with van der Waals surface area (Å²) in [6, 6.07) is 10.3. The second-order valence-electron chi connectivity index (χ2n) is 3.06. The predicted molar refractivity (Wildman–Crippen MR) is 65.4 cm³/mol. The van der Waals surface area contributed by atoms with Gasteiger partial charge in [0.2, 0.25) is 0 Å². The van der Waals surface area contributed by atoms with Gasteiger partial charge >= 0.3 is 0 Å². The standard InChI is InChI=1S/C10H9ClN2S2/c1-7(8-5-3-2-4-6-8)12-10-9(11)13-15-14-10/h2-7H,1H3. The van der Waals surface area contributed by atoms with E-state index in [1.165, 1.54) is 26.4 Å². The molecule has 0 radical (unpaired) electrons. The van der Waals surface area contributed by atoms with Gasteiger partial charge in [-0.15, -0.1) is 0 Å². The Labute approximate surface area is 100 Å². The first kappa shape index (κ1) is 10.8. The fourth-order valence-corrected chi connectivity index (χ4v) is 3.29. The van der Waals surface area contributed by atoms with Crippen molar-refractivity contribution in [2.75, 3.05) is 0 Å². The number of benzene rings is 1. The van der Waals surface area contributed by atoms with Gasteiger partial charge in [-0.05, 0) is 22.8 Å². The van der Waals surface area contributed by atoms with Gasteiger partial charge in [-0.25, -0.2) is 0 Å². The molecule has 1 atom stereocenters. The van der Waals surface area contributed by atoms with Crippen LogP contribution in [0.4, 0.5) is 0 Å². The number of nitrogens with zero attached hydrogens (tertiary/aromatic N) is 2. The van der Waals surface area contributed by atoms with Crippen molar-refractivity contribution < 1.29 is 0 Å². The molecule has 0 saturated heterocycles. The molecule has 0 spiro atoms. The minimum atomic E-state index is 0.122. The molecule has 0 aliphatic rings. The SMILES string of the molecule is CC(N=c1ssnc1Cl)c1ccccc1. The lowest BCUT2D eigenvalue weighted by Gasteiger charge is -2.04. The van der Waals surface area contributed by atoms with Crippen LogP contribution in [-0.2, 0) is 0 Å². The Kier molecular flexibility index (Phi) is 3.51. The Balaban J connectivity index is 2.32. The lowest BCUT2D eigenvalue weighted by Crippen LogP contribution is -1.99. The van der Waals surface area contributed by atoms with E-state index in [9.17, 15) is 0 Å². The molecule has 1 aromatic heterocycles. The molecule has 0 N–H and O–H groups in total. The number of rotatable bonds is 2. The van der Waals surface area contributed by atoms with Crippen molar-refractivity contribution in [3.8, 4) is 0 Å². The van der Waals surface area contributed by atoms with E-state index in [1.54, 1.807) is 0 Å². The molecular weight excluding hydrogens is 248 g/mol. The van der Waals surface area contributed by atoms with Crippen molar-refractivity contribution in [3.63, 3.8) is 0 Å². The minimum Gasteiger partial charge on any atom is -0.263 e. The van der Waals surface area contributed by atoms with Gasteiger partial charge in [0, 0.05) is 10.5 Å². The Morgan fingerprint density at radius 1 is 1.33 bits per heavy atom. The number of hydrogen-bond donors (Lipinski definition) is 0. The summed E-state index contributed by atoms with van der Waals surface area (Å²) in [5.41, 5.74) is 1.19. The summed E-state index contributed by atoms with van der Waals surface area (Å²) in [4.78, 5) is 4.52. The Bertz CT molecular complexity index is 489. The van der Waals surface area contributed by atoms with Crippen molar-refractivity contribution in [1.29, 1.82) is 0 Å². The molecule has 5 heteroatoms. The van der Waals surface area contributed by atoms with Crippen LogP contribution in [0, 0.1) is 0 Å². The molecule has 0 aliphatic heterocycles. The maximum atomic E-state index is 5.89. The van der Waals surface area contributed by atoms with Crippen LogP contribution in [0.3, 0.4) is 0 Å². The Morgan fingerprint density at radius 2 is 2.07 bits per heavy atom. The molecule has 1 heterocycles. The molecule has 2 rings (SSSR count). The third-order valence-electron chi connectivity index (χ3n) is 2.00. The minimum absolute atomic E-state index is 0.122. The molecule has 0 fully saturated rings. The summed E-state index contributed by atoms with van der Waals surface area (Å²) in [5.74, 6) is 0. The fraction of sp³-hybridized carbons (Fsp3) is 0.200. The first-order valence-corrected chi connectivity index (χ1v) is 6.96. The first-order valence-electron chi connectivity index (χ1n) is 4.47. The third kappa shape index (κ3) is 2.65. The highest BCUT2D eigenvalue weighted by atomic mass is 35.5. The van der Waals surface area contributed by atoms with Crippen molar-refractivity contribution in [3.05, 3.63) is 45.7 Å². The summed E-state index contributed by atoms with van der Waals surface area (Å²) in [6.45, 7) is 2.05. The van der Waals surface area contributed by atoms with Gasteiger partial charge in [-0.2, -0.15) is 4.37 Å². The molecule has 2 aromatic rings. The zero-order chi connectivity index (χ0) is 10.7. The van der Waals surface area contributed by atoms with Gasteiger partial charge in [0.1, 0.15) is 0 Å². The molecular formula is C10H9ClN2S2. The van der Waals surface area contributed by atoms with E-state index in [0.717, 1.165) is 4.67 Å². The van der Waals surface area contributed by atoms with E-state index in [0.29, 0.717) is 5.15 Å². The van der Waals surface area contributed by atoms with Crippen LogP contribution in [0.5, 0.6) is 0 Å². The largest absolute Gasteiger partial charge is 0.263 e. The van der Waals surface area contributed by atoms with Crippen LogP contribution in [-0.4, -0.2) is 4.37 Å². The number of hydrogen-bond acceptors (Lipinski definition) is 4. The van der Waals surface area contributed by atoms with Crippen LogP contribution in [0.1, 0.15) is 18.5 Å². The first-order chi connectivity index (χ1) is 7.27. The van der Waals surface area contributed by atoms with Gasteiger partial charge in [-0.3, -0.25) is 4.99 Å². The Hall–Kier alpha value is -0.710. The highest BCUT2D eigenvalue weighted by molar-refractivity contribution is 7.66.